The first-order valence-corrected chi connectivity index (χ1v) is 8.98. The second-order valence-electron chi connectivity index (χ2n) is 6.47. The highest BCUT2D eigenvalue weighted by molar-refractivity contribution is 4.52. The van der Waals surface area contributed by atoms with E-state index >= 15 is 0 Å². The van der Waals surface area contributed by atoms with E-state index in [0.29, 0.717) is 0 Å². The van der Waals surface area contributed by atoms with Gasteiger partial charge in [-0.05, 0) is 38.3 Å². The Morgan fingerprint density at radius 1 is 0.632 bits per heavy atom. The van der Waals surface area contributed by atoms with Gasteiger partial charge in [0.1, 0.15) is 0 Å². The van der Waals surface area contributed by atoms with Gasteiger partial charge in [0.25, 0.3) is 0 Å². The van der Waals surface area contributed by atoms with Crippen molar-refractivity contribution in [2.24, 2.45) is 5.92 Å². The number of nitrogens with one attached hydrogen (secondary N) is 1. The molecule has 19 heavy (non-hydrogen) atoms. The molecule has 1 nitrogen and oxygen atoms in total. The maximum Gasteiger partial charge on any atom is -0.00488 e. The largest absolute Gasteiger partial charge is 0.317 e. The summed E-state index contributed by atoms with van der Waals surface area (Å²) in [5.74, 6) is 0.860. The summed E-state index contributed by atoms with van der Waals surface area (Å²) in [6.45, 7) is 9.35. The van der Waals surface area contributed by atoms with Crippen molar-refractivity contribution < 1.29 is 0 Å². The van der Waals surface area contributed by atoms with E-state index in [-0.39, 0.29) is 0 Å². The van der Waals surface area contributed by atoms with Gasteiger partial charge in [0.05, 0.1) is 0 Å². The number of unbranched alkanes of at least 4 members (excludes halogenated alkanes) is 9. The van der Waals surface area contributed by atoms with Gasteiger partial charge in [-0.25, -0.2) is 0 Å². The molecule has 0 amide bonds. The lowest BCUT2D eigenvalue weighted by Gasteiger charge is -2.06. The van der Waals surface area contributed by atoms with Crippen molar-refractivity contribution in [2.75, 3.05) is 13.1 Å². The van der Waals surface area contributed by atoms with Gasteiger partial charge in [-0.2, -0.15) is 0 Å². The van der Waals surface area contributed by atoms with Gasteiger partial charge >= 0.3 is 0 Å². The second-order valence-corrected chi connectivity index (χ2v) is 6.47. The Morgan fingerprint density at radius 3 is 1.63 bits per heavy atom. The SMILES string of the molecule is CCCCCCCCCCCCNCCCC(C)C. The van der Waals surface area contributed by atoms with E-state index in [2.05, 4.69) is 26.1 Å². The fourth-order valence-corrected chi connectivity index (χ4v) is 2.50. The van der Waals surface area contributed by atoms with Crippen LogP contribution >= 0.6 is 0 Å². The Bertz CT molecular complexity index is 154. The molecule has 0 aliphatic rings. The first-order chi connectivity index (χ1) is 9.27. The van der Waals surface area contributed by atoms with Crippen molar-refractivity contribution in [3.8, 4) is 0 Å². The molecule has 0 bridgehead atoms. The lowest BCUT2D eigenvalue weighted by atomic mass is 10.1. The van der Waals surface area contributed by atoms with Crippen LogP contribution in [0.1, 0.15) is 97.8 Å². The van der Waals surface area contributed by atoms with Crippen molar-refractivity contribution in [3.63, 3.8) is 0 Å². The minimum atomic E-state index is 0.860. The van der Waals surface area contributed by atoms with Crippen molar-refractivity contribution in [3.05, 3.63) is 0 Å². The van der Waals surface area contributed by atoms with Crippen LogP contribution in [0.2, 0.25) is 0 Å². The predicted octanol–water partition coefficient (Wildman–Crippen LogP) is 5.93. The van der Waals surface area contributed by atoms with Gasteiger partial charge < -0.3 is 5.32 Å². The Kier molecular flexibility index (Phi) is 16.0. The molecule has 116 valence electrons. The van der Waals surface area contributed by atoms with E-state index in [1.807, 2.05) is 0 Å². The zero-order valence-corrected chi connectivity index (χ0v) is 14.0. The van der Waals surface area contributed by atoms with Crippen LogP contribution in [-0.2, 0) is 0 Å². The molecule has 0 fully saturated rings. The molecule has 0 rings (SSSR count). The molecule has 1 heteroatoms. The molecule has 0 heterocycles. The maximum atomic E-state index is 3.57. The third kappa shape index (κ3) is 18.0. The van der Waals surface area contributed by atoms with Crippen LogP contribution in [0.5, 0.6) is 0 Å². The summed E-state index contributed by atoms with van der Waals surface area (Å²) in [4.78, 5) is 0. The van der Waals surface area contributed by atoms with Crippen LogP contribution in [0.15, 0.2) is 0 Å². The van der Waals surface area contributed by atoms with Gasteiger partial charge in [-0.1, -0.05) is 78.6 Å². The quantitative estimate of drug-likeness (QED) is 0.363. The van der Waals surface area contributed by atoms with E-state index in [1.54, 1.807) is 0 Å². The fraction of sp³-hybridized carbons (Fsp3) is 1.00. The zero-order chi connectivity index (χ0) is 14.2. The average Bonchev–Trinajstić information content (AvgIpc) is 2.39. The first-order valence-electron chi connectivity index (χ1n) is 8.98. The van der Waals surface area contributed by atoms with Gasteiger partial charge in [0.15, 0.2) is 0 Å². The Balaban J connectivity index is 2.91. The topological polar surface area (TPSA) is 12.0 Å². The van der Waals surface area contributed by atoms with Gasteiger partial charge in [0.2, 0.25) is 0 Å². The van der Waals surface area contributed by atoms with Gasteiger partial charge in [-0.3, -0.25) is 0 Å². The second kappa shape index (κ2) is 16.0. The van der Waals surface area contributed by atoms with Crippen LogP contribution in [-0.4, -0.2) is 13.1 Å². The van der Waals surface area contributed by atoms with E-state index in [1.165, 1.54) is 90.1 Å². The summed E-state index contributed by atoms with van der Waals surface area (Å²) in [7, 11) is 0. The summed E-state index contributed by atoms with van der Waals surface area (Å²) in [6, 6.07) is 0. The molecule has 0 atom stereocenters. The van der Waals surface area contributed by atoms with Crippen LogP contribution in [0.3, 0.4) is 0 Å². The van der Waals surface area contributed by atoms with Crippen molar-refractivity contribution in [1.82, 2.24) is 5.32 Å². The molecular weight excluding hydrogens is 230 g/mol. The molecule has 0 unspecified atom stereocenters. The van der Waals surface area contributed by atoms with E-state index < -0.39 is 0 Å². The highest BCUT2D eigenvalue weighted by Gasteiger charge is 1.94. The minimum Gasteiger partial charge on any atom is -0.317 e. The molecule has 0 aromatic carbocycles. The molecule has 0 spiro atoms. The highest BCUT2D eigenvalue weighted by Crippen LogP contribution is 2.10. The first kappa shape index (κ1) is 19.0. The Labute approximate surface area is 122 Å². The lowest BCUT2D eigenvalue weighted by molar-refractivity contribution is 0.511. The summed E-state index contributed by atoms with van der Waals surface area (Å²) in [6.07, 6.45) is 17.1. The Hall–Kier alpha value is -0.0400. The van der Waals surface area contributed by atoms with Crippen molar-refractivity contribution >= 4 is 0 Å². The molecule has 0 radical (unpaired) electrons. The fourth-order valence-electron chi connectivity index (χ4n) is 2.50. The van der Waals surface area contributed by atoms with Crippen molar-refractivity contribution in [2.45, 2.75) is 97.8 Å². The van der Waals surface area contributed by atoms with Crippen LogP contribution in [0.25, 0.3) is 0 Å². The molecular formula is C18H39N. The smallest absolute Gasteiger partial charge is 0.00488 e. The monoisotopic (exact) mass is 269 g/mol. The predicted molar refractivity (Wildman–Crippen MR) is 88.8 cm³/mol. The molecule has 0 aromatic rings. The standard InChI is InChI=1S/C18H39N/c1-4-5-6-7-8-9-10-11-12-13-16-19-17-14-15-18(2)3/h18-19H,4-17H2,1-3H3. The third-order valence-corrected chi connectivity index (χ3v) is 3.84. The third-order valence-electron chi connectivity index (χ3n) is 3.84. The summed E-state index contributed by atoms with van der Waals surface area (Å²) in [5, 5.41) is 3.57. The van der Waals surface area contributed by atoms with Crippen LogP contribution in [0.4, 0.5) is 0 Å². The maximum absolute atomic E-state index is 3.57. The molecule has 0 aliphatic heterocycles. The number of hydrogen-bond donors (Lipinski definition) is 1. The summed E-state index contributed by atoms with van der Waals surface area (Å²) < 4.78 is 0. The van der Waals surface area contributed by atoms with Crippen molar-refractivity contribution in [1.29, 1.82) is 0 Å². The van der Waals surface area contributed by atoms with E-state index in [0.717, 1.165) is 5.92 Å². The number of hydrogen-bond acceptors (Lipinski definition) is 1. The van der Waals surface area contributed by atoms with E-state index in [4.69, 9.17) is 0 Å². The van der Waals surface area contributed by atoms with Crippen LogP contribution < -0.4 is 5.32 Å². The zero-order valence-electron chi connectivity index (χ0n) is 14.0. The minimum absolute atomic E-state index is 0.860. The molecule has 0 aliphatic carbocycles. The Morgan fingerprint density at radius 2 is 1.11 bits per heavy atom. The van der Waals surface area contributed by atoms with Crippen LogP contribution in [0, 0.1) is 5.92 Å². The molecule has 0 aromatic heterocycles. The average molecular weight is 270 g/mol. The molecule has 0 saturated heterocycles. The summed E-state index contributed by atoms with van der Waals surface area (Å²) in [5.41, 5.74) is 0. The van der Waals surface area contributed by atoms with Gasteiger partial charge in [0, 0.05) is 0 Å². The lowest BCUT2D eigenvalue weighted by Crippen LogP contribution is -2.17. The number of rotatable bonds is 15. The summed E-state index contributed by atoms with van der Waals surface area (Å²) >= 11 is 0. The van der Waals surface area contributed by atoms with E-state index in [9.17, 15) is 0 Å². The molecule has 0 saturated carbocycles. The molecule has 1 N–H and O–H groups in total. The normalized spacial score (nSPS) is 11.4. The van der Waals surface area contributed by atoms with Gasteiger partial charge in [-0.15, -0.1) is 0 Å². The highest BCUT2D eigenvalue weighted by atomic mass is 14.8.